The highest BCUT2D eigenvalue weighted by Gasteiger charge is 2.37. The number of aliphatic hydroxyl groups is 2. The topological polar surface area (TPSA) is 129 Å². The summed E-state index contributed by atoms with van der Waals surface area (Å²) in [5.74, 6) is -0.900. The van der Waals surface area contributed by atoms with Crippen LogP contribution in [0.3, 0.4) is 0 Å². The number of rotatable bonds is 6. The van der Waals surface area contributed by atoms with Crippen molar-refractivity contribution in [2.75, 3.05) is 39.8 Å². The first-order valence-electron chi connectivity index (χ1n) is 16.4. The molecule has 3 heterocycles. The predicted octanol–water partition coefficient (Wildman–Crippen LogP) is 4.29. The number of nitrogens with zero attached hydrogens (tertiary/aromatic N) is 3. The maximum absolute atomic E-state index is 13.0. The lowest BCUT2D eigenvalue weighted by Crippen LogP contribution is -2.50. The zero-order valence-corrected chi connectivity index (χ0v) is 28.2. The number of likely N-dealkylation sites (N-methyl/N-ethyl adjacent to an activating group) is 1. The van der Waals surface area contributed by atoms with Crippen molar-refractivity contribution >= 4 is 18.2 Å². The van der Waals surface area contributed by atoms with Gasteiger partial charge < -0.3 is 39.1 Å². The number of ether oxygens (including phenoxy) is 3. The largest absolute Gasteiger partial charge is 0.457 e. The molecule has 2 fully saturated rings. The Balaban J connectivity index is 1.70. The first-order chi connectivity index (χ1) is 21.2. The lowest BCUT2D eigenvalue weighted by Gasteiger charge is -2.36. The number of hydrogen-bond donors (Lipinski definition) is 2. The number of esters is 1. The third-order valence-corrected chi connectivity index (χ3v) is 9.19. The zero-order valence-electron chi connectivity index (χ0n) is 28.2. The van der Waals surface area contributed by atoms with E-state index in [0.717, 1.165) is 31.5 Å². The summed E-state index contributed by atoms with van der Waals surface area (Å²) in [6, 6.07) is 0.361. The molecular weight excluding hydrogens is 578 g/mol. The van der Waals surface area contributed by atoms with Crippen LogP contribution in [-0.2, 0) is 19.0 Å². The Bertz CT molecular complexity index is 1090. The van der Waals surface area contributed by atoms with E-state index in [1.54, 1.807) is 24.0 Å². The molecule has 0 spiro atoms. The Morgan fingerprint density at radius 1 is 1.09 bits per heavy atom. The SMILES string of the molecule is C/C(=C\C=C\[C@@H](C)COC(=O)N1[C@H](C)CC[C@H]1C)[C@H]1OC(=O)C[C@H](O)CC[C@@](C)(O)[C@@H](OC(=O)N2CCN(C)CC2)/C=C\[C@@H]1C. The van der Waals surface area contributed by atoms with Gasteiger partial charge in [0, 0.05) is 50.1 Å². The summed E-state index contributed by atoms with van der Waals surface area (Å²) in [5.41, 5.74) is -0.694. The van der Waals surface area contributed by atoms with E-state index in [-0.39, 0.29) is 55.9 Å². The maximum atomic E-state index is 13.0. The van der Waals surface area contributed by atoms with Crippen molar-refractivity contribution in [1.29, 1.82) is 0 Å². The van der Waals surface area contributed by atoms with Gasteiger partial charge in [0.25, 0.3) is 0 Å². The van der Waals surface area contributed by atoms with E-state index in [9.17, 15) is 24.6 Å². The minimum atomic E-state index is -1.46. The summed E-state index contributed by atoms with van der Waals surface area (Å²) in [4.78, 5) is 44.0. The molecule has 0 aromatic carbocycles. The lowest BCUT2D eigenvalue weighted by molar-refractivity contribution is -0.151. The van der Waals surface area contributed by atoms with Gasteiger partial charge in [-0.2, -0.15) is 0 Å². The van der Waals surface area contributed by atoms with Crippen LogP contribution in [-0.4, -0.2) is 119 Å². The second-order valence-corrected chi connectivity index (χ2v) is 13.5. The summed E-state index contributed by atoms with van der Waals surface area (Å²) in [5, 5.41) is 21.9. The Morgan fingerprint density at radius 3 is 2.38 bits per heavy atom. The van der Waals surface area contributed by atoms with Gasteiger partial charge in [-0.15, -0.1) is 0 Å². The number of carbonyl (C=O) groups is 3. The molecule has 11 nitrogen and oxygen atoms in total. The molecule has 3 aliphatic rings. The minimum Gasteiger partial charge on any atom is -0.457 e. The van der Waals surface area contributed by atoms with E-state index in [2.05, 4.69) is 4.90 Å². The molecule has 2 saturated heterocycles. The number of allylic oxidation sites excluding steroid dienone is 2. The molecule has 2 amide bonds. The number of cyclic esters (lactones) is 1. The lowest BCUT2D eigenvalue weighted by atomic mass is 9.89. The van der Waals surface area contributed by atoms with Crippen molar-refractivity contribution < 1.29 is 38.8 Å². The van der Waals surface area contributed by atoms with Crippen molar-refractivity contribution in [3.63, 3.8) is 0 Å². The molecule has 0 aromatic rings. The van der Waals surface area contributed by atoms with Crippen molar-refractivity contribution in [2.45, 2.75) is 110 Å². The van der Waals surface area contributed by atoms with E-state index in [0.29, 0.717) is 13.1 Å². The molecule has 2 N–H and O–H groups in total. The van der Waals surface area contributed by atoms with Gasteiger partial charge in [0.05, 0.1) is 19.1 Å². The number of hydrogen-bond acceptors (Lipinski definition) is 9. The standard InChI is InChI=1S/C34H55N3O8/c1-23(22-43-33(41)37-26(4)12-13-27(37)5)9-8-10-24(2)31-25(3)11-14-29(44-32(40)36-19-17-35(7)18-20-36)34(6,42)16-15-28(38)21-30(39)45-31/h8-11,14,23,25-29,31,38,42H,12-13,15-22H2,1-7H3/b9-8+,14-11-,24-10+/t23-,25+,26-,27-,28-,29+,31-,34-/m1/s1. The van der Waals surface area contributed by atoms with Crippen molar-refractivity contribution in [1.82, 2.24) is 14.7 Å². The van der Waals surface area contributed by atoms with Crippen molar-refractivity contribution in [3.05, 3.63) is 36.0 Å². The number of aliphatic hydroxyl groups excluding tert-OH is 1. The van der Waals surface area contributed by atoms with Gasteiger partial charge in [0.1, 0.15) is 11.7 Å². The molecule has 8 atom stereocenters. The average Bonchev–Trinajstić information content (AvgIpc) is 3.32. The van der Waals surface area contributed by atoms with Crippen LogP contribution in [0.2, 0.25) is 0 Å². The van der Waals surface area contributed by atoms with E-state index in [4.69, 9.17) is 14.2 Å². The van der Waals surface area contributed by atoms with E-state index in [1.807, 2.05) is 64.8 Å². The van der Waals surface area contributed by atoms with Crippen molar-refractivity contribution in [3.8, 4) is 0 Å². The summed E-state index contributed by atoms with van der Waals surface area (Å²) < 4.78 is 17.3. The fourth-order valence-corrected chi connectivity index (χ4v) is 6.00. The Labute approximate surface area is 268 Å². The molecule has 45 heavy (non-hydrogen) atoms. The van der Waals surface area contributed by atoms with Crippen LogP contribution >= 0.6 is 0 Å². The predicted molar refractivity (Wildman–Crippen MR) is 171 cm³/mol. The van der Waals surface area contributed by atoms with E-state index < -0.39 is 36.0 Å². The van der Waals surface area contributed by atoms with Gasteiger partial charge in [0.2, 0.25) is 0 Å². The molecule has 3 aliphatic heterocycles. The minimum absolute atomic E-state index is 0.0319. The monoisotopic (exact) mass is 633 g/mol. The van der Waals surface area contributed by atoms with E-state index in [1.165, 1.54) is 0 Å². The molecule has 0 unspecified atom stereocenters. The quantitative estimate of drug-likeness (QED) is 0.191. The molecule has 0 radical (unpaired) electrons. The van der Waals surface area contributed by atoms with Gasteiger partial charge in [-0.1, -0.05) is 38.2 Å². The molecule has 254 valence electrons. The number of amides is 2. The number of likely N-dealkylation sites (tertiary alicyclic amines) is 1. The van der Waals surface area contributed by atoms with Gasteiger partial charge in [-0.25, -0.2) is 9.59 Å². The van der Waals surface area contributed by atoms with E-state index >= 15 is 0 Å². The van der Waals surface area contributed by atoms with Gasteiger partial charge in [-0.05, 0) is 72.1 Å². The van der Waals surface area contributed by atoms with Crippen LogP contribution in [0.15, 0.2) is 36.0 Å². The van der Waals surface area contributed by atoms with Gasteiger partial charge in [0.15, 0.2) is 6.10 Å². The van der Waals surface area contributed by atoms with Crippen LogP contribution in [0, 0.1) is 11.8 Å². The van der Waals surface area contributed by atoms with Crippen molar-refractivity contribution in [2.24, 2.45) is 11.8 Å². The zero-order chi connectivity index (χ0) is 33.3. The number of carbonyl (C=O) groups excluding carboxylic acids is 3. The first kappa shape index (κ1) is 36.6. The third kappa shape index (κ3) is 10.9. The molecule has 0 aromatic heterocycles. The molecule has 0 aliphatic carbocycles. The normalized spacial score (nSPS) is 34.1. The first-order valence-corrected chi connectivity index (χ1v) is 16.4. The third-order valence-electron chi connectivity index (χ3n) is 9.19. The summed E-state index contributed by atoms with van der Waals surface area (Å²) in [7, 11) is 2.00. The maximum Gasteiger partial charge on any atom is 0.410 e. The molecule has 0 saturated carbocycles. The molecule has 11 heteroatoms. The van der Waals surface area contributed by atoms with Crippen LogP contribution in [0.5, 0.6) is 0 Å². The summed E-state index contributed by atoms with van der Waals surface area (Å²) in [6.45, 7) is 14.2. The highest BCUT2D eigenvalue weighted by Crippen LogP contribution is 2.28. The summed E-state index contributed by atoms with van der Waals surface area (Å²) in [6.07, 6.45) is 7.70. The van der Waals surface area contributed by atoms with Crippen LogP contribution in [0.25, 0.3) is 0 Å². The fourth-order valence-electron chi connectivity index (χ4n) is 6.00. The van der Waals surface area contributed by atoms with Gasteiger partial charge >= 0.3 is 18.2 Å². The Kier molecular flexibility index (Phi) is 13.5. The molecule has 3 rings (SSSR count). The second kappa shape index (κ2) is 16.6. The Hall–Kier alpha value is -2.89. The summed E-state index contributed by atoms with van der Waals surface area (Å²) >= 11 is 0. The average molecular weight is 634 g/mol. The smallest absolute Gasteiger partial charge is 0.410 e. The highest BCUT2D eigenvalue weighted by atomic mass is 16.6. The fraction of sp³-hybridized carbons (Fsp3) is 0.735. The molecular formula is C34H55N3O8. The highest BCUT2D eigenvalue weighted by molar-refractivity contribution is 5.70. The van der Waals surface area contributed by atoms with Gasteiger partial charge in [-0.3, -0.25) is 4.79 Å². The van der Waals surface area contributed by atoms with Crippen LogP contribution < -0.4 is 0 Å². The Morgan fingerprint density at radius 2 is 1.73 bits per heavy atom. The number of piperazine rings is 1. The molecule has 0 bridgehead atoms. The van der Waals surface area contributed by atoms with Crippen LogP contribution in [0.4, 0.5) is 9.59 Å². The second-order valence-electron chi connectivity index (χ2n) is 13.5. The van der Waals surface area contributed by atoms with Crippen LogP contribution in [0.1, 0.15) is 73.6 Å².